The Morgan fingerprint density at radius 3 is 2.60 bits per heavy atom. The summed E-state index contributed by atoms with van der Waals surface area (Å²) in [5.74, 6) is 0.834. The average molecular weight is 337 g/mol. The van der Waals surface area contributed by atoms with E-state index in [1.165, 1.54) is 17.7 Å². The van der Waals surface area contributed by atoms with Gasteiger partial charge in [-0.2, -0.15) is 0 Å². The third-order valence-electron chi connectivity index (χ3n) is 4.78. The predicted molar refractivity (Wildman–Crippen MR) is 93.3 cm³/mol. The number of imidazole rings is 1. The second-order valence-electron chi connectivity index (χ2n) is 6.38. The minimum absolute atomic E-state index is 0.231. The summed E-state index contributed by atoms with van der Waals surface area (Å²) in [5, 5.41) is 0. The van der Waals surface area contributed by atoms with Crippen molar-refractivity contribution in [3.8, 4) is 11.3 Å². The van der Waals surface area contributed by atoms with Gasteiger partial charge in [-0.05, 0) is 30.7 Å². The van der Waals surface area contributed by atoms with Crippen LogP contribution >= 0.6 is 0 Å². The van der Waals surface area contributed by atoms with Crippen LogP contribution in [0.4, 0.5) is 4.39 Å². The fourth-order valence-electron chi connectivity index (χ4n) is 3.34. The fraction of sp³-hybridized carbons (Fsp3) is 0.316. The number of fused-ring (bicyclic) bond motifs is 1. The maximum atomic E-state index is 13.2. The molecule has 128 valence electrons. The van der Waals surface area contributed by atoms with Gasteiger partial charge in [0.2, 0.25) is 0 Å². The first kappa shape index (κ1) is 15.9. The lowest BCUT2D eigenvalue weighted by Crippen LogP contribution is -2.27. The van der Waals surface area contributed by atoms with Gasteiger partial charge in [-0.1, -0.05) is 0 Å². The molecule has 3 aromatic rings. The molecule has 2 aromatic heterocycles. The van der Waals surface area contributed by atoms with E-state index in [4.69, 9.17) is 0 Å². The van der Waals surface area contributed by atoms with E-state index in [0.717, 1.165) is 55.3 Å². The first-order valence-electron chi connectivity index (χ1n) is 8.48. The van der Waals surface area contributed by atoms with E-state index >= 15 is 0 Å². The second kappa shape index (κ2) is 6.72. The van der Waals surface area contributed by atoms with Gasteiger partial charge in [0.15, 0.2) is 0 Å². The van der Waals surface area contributed by atoms with Crippen LogP contribution in [-0.2, 0) is 26.4 Å². The molecular formula is C19H20FN5. The zero-order valence-corrected chi connectivity index (χ0v) is 14.2. The molecule has 4 rings (SSSR count). The van der Waals surface area contributed by atoms with Crippen LogP contribution in [0.3, 0.4) is 0 Å². The third kappa shape index (κ3) is 3.30. The van der Waals surface area contributed by atoms with Crippen LogP contribution in [0.25, 0.3) is 11.3 Å². The standard InChI is InChI=1S/C19H20FN5/c1-24-11-8-21-18(24)12-25-9-6-16-17(7-10-25)22-13-23-19(16)14-2-4-15(20)5-3-14/h2-5,8,11,13H,6-7,9-10,12H2,1H3. The Bertz CT molecular complexity index is 872. The van der Waals surface area contributed by atoms with Crippen molar-refractivity contribution in [1.82, 2.24) is 24.4 Å². The molecule has 1 aliphatic heterocycles. The van der Waals surface area contributed by atoms with Crippen LogP contribution in [0.15, 0.2) is 43.0 Å². The summed E-state index contributed by atoms with van der Waals surface area (Å²) in [5.41, 5.74) is 4.13. The van der Waals surface area contributed by atoms with Crippen molar-refractivity contribution in [3.05, 3.63) is 65.9 Å². The SMILES string of the molecule is Cn1ccnc1CN1CCc2ncnc(-c3ccc(F)cc3)c2CC1. The number of benzene rings is 1. The summed E-state index contributed by atoms with van der Waals surface area (Å²) >= 11 is 0. The van der Waals surface area contributed by atoms with Gasteiger partial charge in [0, 0.05) is 55.8 Å². The molecule has 25 heavy (non-hydrogen) atoms. The Hall–Kier alpha value is -2.60. The summed E-state index contributed by atoms with van der Waals surface area (Å²) < 4.78 is 15.3. The minimum atomic E-state index is -0.231. The zero-order valence-electron chi connectivity index (χ0n) is 14.2. The monoisotopic (exact) mass is 337 g/mol. The predicted octanol–water partition coefficient (Wildman–Crippen LogP) is 2.62. The third-order valence-corrected chi connectivity index (χ3v) is 4.78. The molecule has 1 aromatic carbocycles. The highest BCUT2D eigenvalue weighted by atomic mass is 19.1. The molecular weight excluding hydrogens is 317 g/mol. The summed E-state index contributed by atoms with van der Waals surface area (Å²) in [6.07, 6.45) is 7.19. The van der Waals surface area contributed by atoms with Crippen molar-refractivity contribution in [2.45, 2.75) is 19.4 Å². The number of rotatable bonds is 3. The number of nitrogens with zero attached hydrogens (tertiary/aromatic N) is 5. The van der Waals surface area contributed by atoms with Gasteiger partial charge < -0.3 is 4.57 Å². The van der Waals surface area contributed by atoms with Gasteiger partial charge in [0.25, 0.3) is 0 Å². The van der Waals surface area contributed by atoms with Gasteiger partial charge in [-0.3, -0.25) is 4.90 Å². The molecule has 0 bridgehead atoms. The largest absolute Gasteiger partial charge is 0.337 e. The molecule has 0 atom stereocenters. The Kier molecular flexibility index (Phi) is 4.28. The molecule has 3 heterocycles. The Labute approximate surface area is 146 Å². The van der Waals surface area contributed by atoms with Crippen molar-refractivity contribution < 1.29 is 4.39 Å². The maximum absolute atomic E-state index is 13.2. The van der Waals surface area contributed by atoms with Crippen molar-refractivity contribution in [2.75, 3.05) is 13.1 Å². The average Bonchev–Trinajstić information content (AvgIpc) is 2.90. The van der Waals surface area contributed by atoms with Crippen LogP contribution in [0, 0.1) is 5.82 Å². The lowest BCUT2D eigenvalue weighted by Gasteiger charge is -2.19. The van der Waals surface area contributed by atoms with Crippen molar-refractivity contribution in [3.63, 3.8) is 0 Å². The smallest absolute Gasteiger partial charge is 0.123 e. The Balaban J connectivity index is 1.58. The van der Waals surface area contributed by atoms with E-state index < -0.39 is 0 Å². The maximum Gasteiger partial charge on any atom is 0.123 e. The number of hydrogen-bond donors (Lipinski definition) is 0. The topological polar surface area (TPSA) is 46.8 Å². The Morgan fingerprint density at radius 1 is 1.04 bits per heavy atom. The summed E-state index contributed by atoms with van der Waals surface area (Å²) in [6.45, 7) is 2.71. The van der Waals surface area contributed by atoms with Gasteiger partial charge in [-0.15, -0.1) is 0 Å². The van der Waals surface area contributed by atoms with Gasteiger partial charge in [0.1, 0.15) is 18.0 Å². The summed E-state index contributed by atoms with van der Waals surface area (Å²) in [7, 11) is 2.02. The Morgan fingerprint density at radius 2 is 1.84 bits per heavy atom. The van der Waals surface area contributed by atoms with Crippen LogP contribution in [0.2, 0.25) is 0 Å². The number of aryl methyl sites for hydroxylation is 1. The highest BCUT2D eigenvalue weighted by Gasteiger charge is 2.20. The summed E-state index contributed by atoms with van der Waals surface area (Å²) in [4.78, 5) is 15.8. The molecule has 1 aliphatic rings. The molecule has 0 spiro atoms. The van der Waals surface area contributed by atoms with Gasteiger partial charge in [-0.25, -0.2) is 19.3 Å². The van der Waals surface area contributed by atoms with E-state index in [1.54, 1.807) is 18.5 Å². The number of aromatic nitrogens is 4. The number of halogens is 1. The highest BCUT2D eigenvalue weighted by Crippen LogP contribution is 2.26. The van der Waals surface area contributed by atoms with Gasteiger partial charge >= 0.3 is 0 Å². The first-order valence-corrected chi connectivity index (χ1v) is 8.48. The molecule has 0 N–H and O–H groups in total. The zero-order chi connectivity index (χ0) is 17.2. The normalized spacial score (nSPS) is 15.0. The van der Waals surface area contributed by atoms with E-state index in [-0.39, 0.29) is 5.82 Å². The van der Waals surface area contributed by atoms with Crippen LogP contribution in [0.1, 0.15) is 17.1 Å². The van der Waals surface area contributed by atoms with E-state index in [0.29, 0.717) is 0 Å². The minimum Gasteiger partial charge on any atom is -0.337 e. The molecule has 0 unspecified atom stereocenters. The summed E-state index contributed by atoms with van der Waals surface area (Å²) in [6, 6.07) is 6.53. The highest BCUT2D eigenvalue weighted by molar-refractivity contribution is 5.63. The fourth-order valence-corrected chi connectivity index (χ4v) is 3.34. The molecule has 0 radical (unpaired) electrons. The van der Waals surface area contributed by atoms with Crippen LogP contribution < -0.4 is 0 Å². The molecule has 0 saturated heterocycles. The van der Waals surface area contributed by atoms with Gasteiger partial charge in [0.05, 0.1) is 12.2 Å². The second-order valence-corrected chi connectivity index (χ2v) is 6.38. The van der Waals surface area contributed by atoms with Crippen molar-refractivity contribution in [1.29, 1.82) is 0 Å². The molecule has 6 heteroatoms. The van der Waals surface area contributed by atoms with E-state index in [1.807, 2.05) is 19.4 Å². The molecule has 0 amide bonds. The number of hydrogen-bond acceptors (Lipinski definition) is 4. The first-order chi connectivity index (χ1) is 12.2. The quantitative estimate of drug-likeness (QED) is 0.737. The van der Waals surface area contributed by atoms with Crippen molar-refractivity contribution in [2.24, 2.45) is 7.05 Å². The lowest BCUT2D eigenvalue weighted by atomic mass is 10.0. The lowest BCUT2D eigenvalue weighted by molar-refractivity contribution is 0.269. The molecule has 0 fully saturated rings. The van der Waals surface area contributed by atoms with Crippen LogP contribution in [-0.4, -0.2) is 37.5 Å². The van der Waals surface area contributed by atoms with Crippen LogP contribution in [0.5, 0.6) is 0 Å². The van der Waals surface area contributed by atoms with E-state index in [9.17, 15) is 4.39 Å². The molecule has 0 aliphatic carbocycles. The molecule has 5 nitrogen and oxygen atoms in total. The van der Waals surface area contributed by atoms with E-state index in [2.05, 4.69) is 24.4 Å². The van der Waals surface area contributed by atoms with Crippen molar-refractivity contribution >= 4 is 0 Å². The molecule has 0 saturated carbocycles.